The molecule has 0 aliphatic carbocycles. The van der Waals surface area contributed by atoms with Gasteiger partial charge in [-0.15, -0.1) is 0 Å². The van der Waals surface area contributed by atoms with Gasteiger partial charge in [-0.3, -0.25) is 4.79 Å². The number of ether oxygens (including phenoxy) is 2. The number of aliphatic hydroxyl groups is 5. The minimum atomic E-state index is -1.55. The highest BCUT2D eigenvalue weighted by Crippen LogP contribution is 2.23. The van der Waals surface area contributed by atoms with E-state index in [1.165, 1.54) is 238 Å². The SMILES string of the molecule is CCCCCCCCCCCC/C=C\CCCCCCCCCC(=O)NC(COC1OC(CO)C(O)C(O)C1O)C(O)CCCCCCCCCCCCCCCCCCCCCCCCCC. The highest BCUT2D eigenvalue weighted by Gasteiger charge is 2.44. The molecule has 0 bridgehead atoms. The lowest BCUT2D eigenvalue weighted by atomic mass is 9.99. The Bertz CT molecular complexity index is 1080. The molecule has 0 aromatic heterocycles. The number of hydrogen-bond donors (Lipinski definition) is 6. The van der Waals surface area contributed by atoms with Crippen LogP contribution in [-0.2, 0) is 14.3 Å². The molecule has 9 heteroatoms. The number of rotatable bonds is 52. The maximum absolute atomic E-state index is 13.1. The van der Waals surface area contributed by atoms with Gasteiger partial charge in [0.2, 0.25) is 5.91 Å². The van der Waals surface area contributed by atoms with Crippen molar-refractivity contribution in [2.75, 3.05) is 13.2 Å². The predicted octanol–water partition coefficient (Wildman–Crippen LogP) is 14.8. The van der Waals surface area contributed by atoms with Crippen LogP contribution in [0.3, 0.4) is 0 Å². The first-order valence-corrected chi connectivity index (χ1v) is 29.9. The molecule has 0 saturated carbocycles. The molecule has 9 nitrogen and oxygen atoms in total. The number of unbranched alkanes of at least 4 members (excludes halogenated alkanes) is 40. The molecule has 1 aliphatic heterocycles. The van der Waals surface area contributed by atoms with E-state index in [9.17, 15) is 30.3 Å². The number of carbonyl (C=O) groups excluding carboxylic acids is 1. The topological polar surface area (TPSA) is 149 Å². The van der Waals surface area contributed by atoms with Crippen LogP contribution in [0.2, 0.25) is 0 Å². The zero-order chi connectivity index (χ0) is 49.4. The molecule has 1 aliphatic rings. The summed E-state index contributed by atoms with van der Waals surface area (Å²) >= 11 is 0. The van der Waals surface area contributed by atoms with Gasteiger partial charge in [0.1, 0.15) is 24.4 Å². The van der Waals surface area contributed by atoms with Crippen LogP contribution in [0.15, 0.2) is 12.2 Å². The number of amides is 1. The van der Waals surface area contributed by atoms with Crippen molar-refractivity contribution < 1.29 is 39.8 Å². The molecule has 404 valence electrons. The highest BCUT2D eigenvalue weighted by molar-refractivity contribution is 5.76. The third kappa shape index (κ3) is 38.6. The fraction of sp³-hybridized carbons (Fsp3) is 0.949. The number of carbonyl (C=O) groups is 1. The Kier molecular flexibility index (Phi) is 47.3. The van der Waals surface area contributed by atoms with E-state index in [-0.39, 0.29) is 12.5 Å². The van der Waals surface area contributed by atoms with Gasteiger partial charge in [-0.2, -0.15) is 0 Å². The van der Waals surface area contributed by atoms with Crippen molar-refractivity contribution in [3.8, 4) is 0 Å². The van der Waals surface area contributed by atoms with E-state index in [2.05, 4.69) is 31.3 Å². The second-order valence-electron chi connectivity index (χ2n) is 21.1. The van der Waals surface area contributed by atoms with Crippen molar-refractivity contribution in [2.45, 2.75) is 346 Å². The summed E-state index contributed by atoms with van der Waals surface area (Å²) in [6.45, 7) is 3.88. The van der Waals surface area contributed by atoms with Crippen LogP contribution in [0, 0.1) is 0 Å². The number of nitrogens with one attached hydrogen (secondary N) is 1. The Hall–Kier alpha value is -1.07. The van der Waals surface area contributed by atoms with E-state index in [4.69, 9.17) is 9.47 Å². The summed E-state index contributed by atoms with van der Waals surface area (Å²) in [7, 11) is 0. The van der Waals surface area contributed by atoms with Gasteiger partial charge < -0.3 is 40.3 Å². The standard InChI is InChI=1S/C59H115NO8/c1-3-5-7-9-11-13-15-17-19-21-23-25-26-27-29-30-32-34-36-38-40-42-44-46-48-53(62)52(51-67-59-58(66)57(65)56(64)54(50-61)68-59)60-55(63)49-47-45-43-41-39-37-35-33-31-28-24-22-20-18-16-14-12-10-8-6-4-2/h28,31,52-54,56-59,61-62,64-66H,3-27,29-30,32-51H2,1-2H3,(H,60,63)/b31-28-. The molecule has 1 amide bonds. The van der Waals surface area contributed by atoms with Crippen molar-refractivity contribution >= 4 is 5.91 Å². The quantitative estimate of drug-likeness (QED) is 0.0261. The molecule has 68 heavy (non-hydrogen) atoms. The van der Waals surface area contributed by atoms with Gasteiger partial charge in [-0.1, -0.05) is 270 Å². The smallest absolute Gasteiger partial charge is 0.220 e. The van der Waals surface area contributed by atoms with Crippen LogP contribution in [0.25, 0.3) is 0 Å². The minimum absolute atomic E-state index is 0.135. The summed E-state index contributed by atoms with van der Waals surface area (Å²) in [6.07, 6.45) is 53.8. The van der Waals surface area contributed by atoms with E-state index in [0.717, 1.165) is 38.5 Å². The largest absolute Gasteiger partial charge is 0.394 e. The summed E-state index contributed by atoms with van der Waals surface area (Å²) in [5, 5.41) is 54.7. The zero-order valence-corrected chi connectivity index (χ0v) is 44.9. The molecule has 1 heterocycles. The van der Waals surface area contributed by atoms with Crippen LogP contribution < -0.4 is 5.32 Å². The Morgan fingerprint density at radius 1 is 0.485 bits per heavy atom. The van der Waals surface area contributed by atoms with Crippen molar-refractivity contribution in [1.29, 1.82) is 0 Å². The van der Waals surface area contributed by atoms with E-state index in [1.54, 1.807) is 0 Å². The number of hydrogen-bond acceptors (Lipinski definition) is 8. The summed E-state index contributed by atoms with van der Waals surface area (Å²) in [4.78, 5) is 13.1. The first-order chi connectivity index (χ1) is 33.3. The van der Waals surface area contributed by atoms with Gasteiger partial charge >= 0.3 is 0 Å². The monoisotopic (exact) mass is 966 g/mol. The molecule has 7 atom stereocenters. The first kappa shape index (κ1) is 64.9. The minimum Gasteiger partial charge on any atom is -0.394 e. The third-order valence-electron chi connectivity index (χ3n) is 14.6. The average molecular weight is 967 g/mol. The van der Waals surface area contributed by atoms with Crippen molar-refractivity contribution in [2.24, 2.45) is 0 Å². The number of allylic oxidation sites excluding steroid dienone is 2. The third-order valence-corrected chi connectivity index (χ3v) is 14.6. The van der Waals surface area contributed by atoms with Crippen LogP contribution in [0.1, 0.15) is 303 Å². The predicted molar refractivity (Wildman–Crippen MR) is 286 cm³/mol. The number of aliphatic hydroxyl groups excluding tert-OH is 5. The van der Waals surface area contributed by atoms with Crippen molar-refractivity contribution in [1.82, 2.24) is 5.32 Å². The summed E-state index contributed by atoms with van der Waals surface area (Å²) in [5.74, 6) is -0.143. The Morgan fingerprint density at radius 3 is 1.19 bits per heavy atom. The van der Waals surface area contributed by atoms with Crippen molar-refractivity contribution in [3.05, 3.63) is 12.2 Å². The Morgan fingerprint density at radius 2 is 0.824 bits per heavy atom. The lowest BCUT2D eigenvalue weighted by Gasteiger charge is -2.40. The zero-order valence-electron chi connectivity index (χ0n) is 44.9. The molecular formula is C59H115NO8. The van der Waals surface area contributed by atoms with Crippen LogP contribution in [0.5, 0.6) is 0 Å². The van der Waals surface area contributed by atoms with Gasteiger partial charge in [0.15, 0.2) is 6.29 Å². The highest BCUT2D eigenvalue weighted by atomic mass is 16.7. The summed E-state index contributed by atoms with van der Waals surface area (Å²) in [5.41, 5.74) is 0. The van der Waals surface area contributed by atoms with Gasteiger partial charge in [0, 0.05) is 6.42 Å². The van der Waals surface area contributed by atoms with Crippen LogP contribution in [-0.4, -0.2) is 87.5 Å². The van der Waals surface area contributed by atoms with Crippen LogP contribution in [0.4, 0.5) is 0 Å². The maximum Gasteiger partial charge on any atom is 0.220 e. The first-order valence-electron chi connectivity index (χ1n) is 29.9. The second kappa shape index (κ2) is 49.5. The Labute approximate surface area is 420 Å². The molecule has 1 rings (SSSR count). The van der Waals surface area contributed by atoms with Gasteiger partial charge in [0.05, 0.1) is 25.4 Å². The van der Waals surface area contributed by atoms with Crippen LogP contribution >= 0.6 is 0 Å². The van der Waals surface area contributed by atoms with Gasteiger partial charge in [0.25, 0.3) is 0 Å². The molecule has 6 N–H and O–H groups in total. The molecule has 0 spiro atoms. The molecular weight excluding hydrogens is 851 g/mol. The van der Waals surface area contributed by atoms with Gasteiger partial charge in [-0.25, -0.2) is 0 Å². The van der Waals surface area contributed by atoms with E-state index in [0.29, 0.717) is 12.8 Å². The lowest BCUT2D eigenvalue weighted by molar-refractivity contribution is -0.302. The molecule has 7 unspecified atom stereocenters. The van der Waals surface area contributed by atoms with E-state index in [1.807, 2.05) is 0 Å². The van der Waals surface area contributed by atoms with Crippen molar-refractivity contribution in [3.63, 3.8) is 0 Å². The lowest BCUT2D eigenvalue weighted by Crippen LogP contribution is -2.60. The normalized spacial score (nSPS) is 19.5. The molecule has 0 radical (unpaired) electrons. The molecule has 0 aromatic carbocycles. The molecule has 0 aromatic rings. The maximum atomic E-state index is 13.1. The summed E-state index contributed by atoms with van der Waals surface area (Å²) < 4.78 is 11.3. The second-order valence-corrected chi connectivity index (χ2v) is 21.1. The Balaban J connectivity index is 2.19. The summed E-state index contributed by atoms with van der Waals surface area (Å²) in [6, 6.07) is -0.719. The average Bonchev–Trinajstić information content (AvgIpc) is 3.34. The van der Waals surface area contributed by atoms with E-state index < -0.39 is 49.5 Å². The molecule has 1 fully saturated rings. The molecule has 1 saturated heterocycles. The fourth-order valence-electron chi connectivity index (χ4n) is 9.87. The fourth-order valence-corrected chi connectivity index (χ4v) is 9.87. The van der Waals surface area contributed by atoms with Gasteiger partial charge in [-0.05, 0) is 38.5 Å². The van der Waals surface area contributed by atoms with E-state index >= 15 is 0 Å².